The molecule has 28 heavy (non-hydrogen) atoms. The van der Waals surface area contributed by atoms with Crippen molar-refractivity contribution in [3.05, 3.63) is 58.6 Å². The maximum atomic E-state index is 11.9. The van der Waals surface area contributed by atoms with Crippen LogP contribution in [0.2, 0.25) is 0 Å². The van der Waals surface area contributed by atoms with Crippen LogP contribution in [0.15, 0.2) is 58.1 Å². The Balaban J connectivity index is 1.59. The van der Waals surface area contributed by atoms with Crippen LogP contribution in [-0.4, -0.2) is 42.1 Å². The van der Waals surface area contributed by atoms with Crippen molar-refractivity contribution in [2.45, 2.75) is 26.2 Å². The SMILES string of the molecule is CC1=C(CCCN(C)CCc2ccccc2)S2(OC(=O)C=CC(=O)O2)C(N)=N1. The summed E-state index contributed by atoms with van der Waals surface area (Å²) in [6.07, 6.45) is 4.48. The van der Waals surface area contributed by atoms with Gasteiger partial charge in [-0.05, 0) is 55.9 Å². The Kier molecular flexibility index (Phi) is 6.21. The maximum Gasteiger partial charge on any atom is 0.354 e. The number of likely N-dealkylation sites (N-methyl/N-ethyl adjacent to an activating group) is 1. The van der Waals surface area contributed by atoms with Gasteiger partial charge in [-0.2, -0.15) is 0 Å². The Labute approximate surface area is 166 Å². The Hall–Kier alpha value is -2.58. The zero-order valence-electron chi connectivity index (χ0n) is 16.1. The molecule has 0 amide bonds. The topological polar surface area (TPSA) is 94.2 Å². The second-order valence-corrected chi connectivity index (χ2v) is 8.99. The largest absolute Gasteiger partial charge is 0.368 e. The van der Waals surface area contributed by atoms with Crippen molar-refractivity contribution >= 4 is 27.7 Å². The highest BCUT2D eigenvalue weighted by Crippen LogP contribution is 2.64. The second kappa shape index (κ2) is 8.62. The Bertz CT molecular complexity index is 828. The average molecular weight is 404 g/mol. The van der Waals surface area contributed by atoms with Gasteiger partial charge in [0.25, 0.3) is 0 Å². The summed E-state index contributed by atoms with van der Waals surface area (Å²) in [6, 6.07) is 10.3. The van der Waals surface area contributed by atoms with Crippen LogP contribution in [0, 0.1) is 0 Å². The second-order valence-electron chi connectivity index (χ2n) is 6.74. The summed E-state index contributed by atoms with van der Waals surface area (Å²) in [7, 11) is -0.720. The zero-order chi connectivity index (χ0) is 20.1. The molecule has 0 atom stereocenters. The Morgan fingerprint density at radius 2 is 1.68 bits per heavy atom. The van der Waals surface area contributed by atoms with E-state index >= 15 is 0 Å². The smallest absolute Gasteiger partial charge is 0.354 e. The molecular weight excluding hydrogens is 378 g/mol. The fourth-order valence-electron chi connectivity index (χ4n) is 3.14. The molecule has 2 aliphatic rings. The third kappa shape index (κ3) is 4.45. The monoisotopic (exact) mass is 403 g/mol. The van der Waals surface area contributed by atoms with Gasteiger partial charge in [0.15, 0.2) is 0 Å². The molecule has 0 radical (unpaired) electrons. The lowest BCUT2D eigenvalue weighted by atomic mass is 10.1. The highest BCUT2D eigenvalue weighted by molar-refractivity contribution is 8.41. The summed E-state index contributed by atoms with van der Waals surface area (Å²) in [6.45, 7) is 3.58. The number of hydrogen-bond donors (Lipinski definition) is 1. The predicted molar refractivity (Wildman–Crippen MR) is 110 cm³/mol. The normalized spacial score (nSPS) is 19.5. The van der Waals surface area contributed by atoms with Crippen molar-refractivity contribution in [3.63, 3.8) is 0 Å². The number of benzene rings is 1. The summed E-state index contributed by atoms with van der Waals surface area (Å²) in [5.41, 5.74) is 7.97. The van der Waals surface area contributed by atoms with Crippen molar-refractivity contribution in [1.29, 1.82) is 0 Å². The third-order valence-corrected chi connectivity index (χ3v) is 7.19. The van der Waals surface area contributed by atoms with Gasteiger partial charge >= 0.3 is 11.9 Å². The first-order valence-electron chi connectivity index (χ1n) is 9.15. The number of hydrogen-bond acceptors (Lipinski definition) is 7. The van der Waals surface area contributed by atoms with Crippen LogP contribution < -0.4 is 5.73 Å². The molecule has 8 heteroatoms. The average Bonchev–Trinajstić information content (AvgIpc) is 2.79. The van der Waals surface area contributed by atoms with E-state index in [1.165, 1.54) is 5.56 Å². The molecule has 0 unspecified atom stereocenters. The van der Waals surface area contributed by atoms with Crippen LogP contribution in [0.5, 0.6) is 0 Å². The summed E-state index contributed by atoms with van der Waals surface area (Å²) in [4.78, 5) is 31.0. The van der Waals surface area contributed by atoms with Crippen LogP contribution in [0.1, 0.15) is 25.3 Å². The van der Waals surface area contributed by atoms with Gasteiger partial charge in [-0.25, -0.2) is 14.6 Å². The number of nitrogens with two attached hydrogens (primary N) is 1. The van der Waals surface area contributed by atoms with E-state index in [1.54, 1.807) is 6.92 Å². The number of allylic oxidation sites excluding steroid dienone is 2. The van der Waals surface area contributed by atoms with E-state index in [9.17, 15) is 9.59 Å². The van der Waals surface area contributed by atoms with Crippen molar-refractivity contribution in [2.75, 3.05) is 20.1 Å². The highest BCUT2D eigenvalue weighted by Gasteiger charge is 2.43. The van der Waals surface area contributed by atoms with Crippen LogP contribution >= 0.6 is 10.6 Å². The summed E-state index contributed by atoms with van der Waals surface area (Å²) >= 11 is 0. The fraction of sp³-hybridized carbons (Fsp3) is 0.350. The van der Waals surface area contributed by atoms with E-state index in [-0.39, 0.29) is 5.17 Å². The summed E-state index contributed by atoms with van der Waals surface area (Å²) in [5, 5.41) is 0.0582. The van der Waals surface area contributed by atoms with Gasteiger partial charge in [0, 0.05) is 18.7 Å². The van der Waals surface area contributed by atoms with Crippen LogP contribution in [0.4, 0.5) is 0 Å². The molecule has 150 valence electrons. The fourth-order valence-corrected chi connectivity index (χ4v) is 5.47. The molecule has 7 nitrogen and oxygen atoms in total. The molecule has 1 aromatic carbocycles. The number of carbonyl (C=O) groups excluding carboxylic acids is 2. The van der Waals surface area contributed by atoms with Crippen LogP contribution in [0.3, 0.4) is 0 Å². The minimum atomic E-state index is -2.79. The van der Waals surface area contributed by atoms with Crippen LogP contribution in [0.25, 0.3) is 0 Å². The number of carbonyl (C=O) groups is 2. The first-order valence-corrected chi connectivity index (χ1v) is 10.6. The van der Waals surface area contributed by atoms with Gasteiger partial charge in [0.2, 0.25) is 5.17 Å². The van der Waals surface area contributed by atoms with Gasteiger partial charge in [-0.1, -0.05) is 30.3 Å². The summed E-state index contributed by atoms with van der Waals surface area (Å²) in [5.74, 6) is -1.29. The molecule has 1 aromatic rings. The molecular formula is C20H25N3O4S. The first kappa shape index (κ1) is 20.2. The van der Waals surface area contributed by atoms with Crippen molar-refractivity contribution in [1.82, 2.24) is 4.90 Å². The van der Waals surface area contributed by atoms with Gasteiger partial charge in [0.1, 0.15) is 0 Å². The molecule has 2 heterocycles. The zero-order valence-corrected chi connectivity index (χ0v) is 16.9. The molecule has 0 saturated heterocycles. The van der Waals surface area contributed by atoms with E-state index < -0.39 is 22.5 Å². The minimum absolute atomic E-state index is 0.0582. The van der Waals surface area contributed by atoms with Gasteiger partial charge in [-0.3, -0.25) is 0 Å². The van der Waals surface area contributed by atoms with E-state index in [2.05, 4.69) is 29.1 Å². The first-order chi connectivity index (χ1) is 13.4. The highest BCUT2D eigenvalue weighted by atomic mass is 32.3. The quantitative estimate of drug-likeness (QED) is 0.752. The number of rotatable bonds is 7. The molecule has 2 aliphatic heterocycles. The lowest BCUT2D eigenvalue weighted by molar-refractivity contribution is -0.129. The van der Waals surface area contributed by atoms with Crippen molar-refractivity contribution < 1.29 is 18.0 Å². The number of aliphatic imine (C=N–C) groups is 1. The van der Waals surface area contributed by atoms with Gasteiger partial charge in [0.05, 0.1) is 10.6 Å². The predicted octanol–water partition coefficient (Wildman–Crippen LogP) is 2.79. The minimum Gasteiger partial charge on any atom is -0.368 e. The maximum absolute atomic E-state index is 11.9. The molecule has 0 bridgehead atoms. The third-order valence-electron chi connectivity index (χ3n) is 4.60. The Morgan fingerprint density at radius 3 is 2.32 bits per heavy atom. The van der Waals surface area contributed by atoms with Crippen molar-refractivity contribution in [3.8, 4) is 0 Å². The lowest BCUT2D eigenvalue weighted by Gasteiger charge is -2.37. The molecule has 3 rings (SSSR count). The number of amidine groups is 1. The van der Waals surface area contributed by atoms with Crippen molar-refractivity contribution in [2.24, 2.45) is 10.7 Å². The molecule has 0 saturated carbocycles. The molecule has 0 aliphatic carbocycles. The van der Waals surface area contributed by atoms with Gasteiger partial charge < -0.3 is 19.0 Å². The van der Waals surface area contributed by atoms with E-state index in [0.29, 0.717) is 17.0 Å². The van der Waals surface area contributed by atoms with Crippen LogP contribution in [-0.2, 0) is 24.4 Å². The molecule has 0 aromatic heterocycles. The standard InChI is InChI=1S/C20H25N3O4S/c1-15-17(9-6-13-23(2)14-12-16-7-4-3-5-8-16)28(20(21)22-15)26-18(24)10-11-19(25)27-28/h3-5,7-8,10-11H,6,9,12-14H2,1-2H3,(H2,21,22). The van der Waals surface area contributed by atoms with E-state index in [1.807, 2.05) is 18.2 Å². The lowest BCUT2D eigenvalue weighted by Crippen LogP contribution is -2.27. The van der Waals surface area contributed by atoms with E-state index in [4.69, 9.17) is 14.1 Å². The molecule has 0 fully saturated rings. The number of nitrogens with zero attached hydrogens (tertiary/aromatic N) is 2. The van der Waals surface area contributed by atoms with Gasteiger partial charge in [-0.15, -0.1) is 0 Å². The molecule has 1 spiro atoms. The van der Waals surface area contributed by atoms with E-state index in [0.717, 1.165) is 38.1 Å². The molecule has 2 N–H and O–H groups in total. The Morgan fingerprint density at radius 1 is 1.04 bits per heavy atom. The summed E-state index contributed by atoms with van der Waals surface area (Å²) < 4.78 is 11.0.